The van der Waals surface area contributed by atoms with Gasteiger partial charge in [-0.3, -0.25) is 14.9 Å². The molecule has 0 saturated carbocycles. The number of nitrogens with one attached hydrogen (secondary N) is 1. The average Bonchev–Trinajstić information content (AvgIpc) is 3.14. The molecule has 1 unspecified atom stereocenters. The Hall–Kier alpha value is -1.93. The molecule has 25 heavy (non-hydrogen) atoms. The lowest BCUT2D eigenvalue weighted by Crippen LogP contribution is -2.40. The first-order valence-electron chi connectivity index (χ1n) is 8.58. The number of aliphatic hydroxyl groups is 1. The predicted octanol–water partition coefficient (Wildman–Crippen LogP) is 1.83. The SMILES string of the molecule is CCc1nc(SCC(=O)N2CCC(C(O)c3ccccn3)CC2)n[nH]1. The van der Waals surface area contributed by atoms with E-state index in [1.807, 2.05) is 30.0 Å². The molecule has 1 saturated heterocycles. The Morgan fingerprint density at radius 3 is 2.88 bits per heavy atom. The molecule has 0 aliphatic carbocycles. The van der Waals surface area contributed by atoms with Gasteiger partial charge < -0.3 is 10.0 Å². The lowest BCUT2D eigenvalue weighted by molar-refractivity contribution is -0.130. The summed E-state index contributed by atoms with van der Waals surface area (Å²) in [4.78, 5) is 22.8. The van der Waals surface area contributed by atoms with Crippen LogP contribution in [0.4, 0.5) is 0 Å². The van der Waals surface area contributed by atoms with Gasteiger partial charge in [0.1, 0.15) is 5.82 Å². The fraction of sp³-hybridized carbons (Fsp3) is 0.529. The lowest BCUT2D eigenvalue weighted by atomic mass is 9.89. The summed E-state index contributed by atoms with van der Waals surface area (Å²) in [5.41, 5.74) is 0.708. The van der Waals surface area contributed by atoms with E-state index in [0.29, 0.717) is 29.7 Å². The van der Waals surface area contributed by atoms with Crippen molar-refractivity contribution in [2.24, 2.45) is 5.92 Å². The summed E-state index contributed by atoms with van der Waals surface area (Å²) in [5.74, 6) is 1.42. The summed E-state index contributed by atoms with van der Waals surface area (Å²) in [6.45, 7) is 3.34. The Labute approximate surface area is 151 Å². The normalized spacial score (nSPS) is 16.8. The standard InChI is InChI=1S/C17H23N5O2S/c1-2-14-19-17(21-20-14)25-11-15(23)22-9-6-12(7-10-22)16(24)13-5-3-4-8-18-13/h3-5,8,12,16,24H,2,6-7,9-11H2,1H3,(H,19,20,21). The van der Waals surface area contributed by atoms with Crippen LogP contribution in [-0.2, 0) is 11.2 Å². The van der Waals surface area contributed by atoms with Gasteiger partial charge in [-0.1, -0.05) is 24.8 Å². The van der Waals surface area contributed by atoms with E-state index in [1.54, 1.807) is 6.20 Å². The molecular formula is C17H23N5O2S. The van der Waals surface area contributed by atoms with E-state index < -0.39 is 6.10 Å². The van der Waals surface area contributed by atoms with Crippen molar-refractivity contribution in [1.82, 2.24) is 25.1 Å². The second-order valence-corrected chi connectivity index (χ2v) is 7.07. The van der Waals surface area contributed by atoms with Gasteiger partial charge in [0.05, 0.1) is 17.6 Å². The number of aromatic nitrogens is 4. The Kier molecular flexibility index (Phi) is 6.04. The maximum absolute atomic E-state index is 12.4. The van der Waals surface area contributed by atoms with E-state index in [-0.39, 0.29) is 11.8 Å². The van der Waals surface area contributed by atoms with Crippen molar-refractivity contribution < 1.29 is 9.90 Å². The molecule has 7 nitrogen and oxygen atoms in total. The van der Waals surface area contributed by atoms with E-state index in [0.717, 1.165) is 25.1 Å². The van der Waals surface area contributed by atoms with Crippen molar-refractivity contribution in [2.75, 3.05) is 18.8 Å². The van der Waals surface area contributed by atoms with E-state index in [1.165, 1.54) is 11.8 Å². The number of pyridine rings is 1. The van der Waals surface area contributed by atoms with Crippen LogP contribution in [0.15, 0.2) is 29.6 Å². The number of likely N-dealkylation sites (tertiary alicyclic amines) is 1. The monoisotopic (exact) mass is 361 g/mol. The molecule has 3 rings (SSSR count). The first kappa shape index (κ1) is 17.9. The third-order valence-corrected chi connectivity index (χ3v) is 5.33. The third-order valence-electron chi connectivity index (χ3n) is 4.50. The second-order valence-electron chi connectivity index (χ2n) is 6.12. The highest BCUT2D eigenvalue weighted by molar-refractivity contribution is 7.99. The Bertz CT molecular complexity index is 685. The highest BCUT2D eigenvalue weighted by Gasteiger charge is 2.28. The zero-order chi connectivity index (χ0) is 17.6. The molecule has 2 aromatic heterocycles. The number of amides is 1. The minimum atomic E-state index is -0.562. The molecule has 1 aliphatic rings. The molecule has 134 valence electrons. The first-order chi connectivity index (χ1) is 12.2. The van der Waals surface area contributed by atoms with E-state index >= 15 is 0 Å². The van der Waals surface area contributed by atoms with Gasteiger partial charge >= 0.3 is 0 Å². The minimum absolute atomic E-state index is 0.0959. The predicted molar refractivity (Wildman–Crippen MR) is 95.0 cm³/mol. The Morgan fingerprint density at radius 1 is 1.44 bits per heavy atom. The summed E-state index contributed by atoms with van der Waals surface area (Å²) in [6.07, 6.45) is 3.51. The number of carbonyl (C=O) groups is 1. The van der Waals surface area contributed by atoms with Crippen LogP contribution in [0, 0.1) is 5.92 Å². The molecule has 8 heteroatoms. The number of hydrogen-bond acceptors (Lipinski definition) is 6. The smallest absolute Gasteiger partial charge is 0.233 e. The summed E-state index contributed by atoms with van der Waals surface area (Å²) in [7, 11) is 0. The quantitative estimate of drug-likeness (QED) is 0.762. The number of rotatable bonds is 6. The maximum atomic E-state index is 12.4. The van der Waals surface area contributed by atoms with Crippen LogP contribution in [0.1, 0.15) is 37.4 Å². The number of aryl methyl sites for hydroxylation is 1. The Morgan fingerprint density at radius 2 is 2.24 bits per heavy atom. The first-order valence-corrected chi connectivity index (χ1v) is 9.56. The summed E-state index contributed by atoms with van der Waals surface area (Å²) in [5, 5.41) is 18.0. The minimum Gasteiger partial charge on any atom is -0.387 e. The van der Waals surface area contributed by atoms with Crippen LogP contribution in [-0.4, -0.2) is 54.9 Å². The van der Waals surface area contributed by atoms with Gasteiger partial charge in [-0.05, 0) is 30.9 Å². The van der Waals surface area contributed by atoms with E-state index in [4.69, 9.17) is 0 Å². The molecule has 2 aromatic rings. The number of piperidine rings is 1. The molecule has 1 amide bonds. The average molecular weight is 361 g/mol. The van der Waals surface area contributed by atoms with Crippen molar-refractivity contribution >= 4 is 17.7 Å². The molecule has 0 aromatic carbocycles. The fourth-order valence-corrected chi connectivity index (χ4v) is 3.70. The third kappa shape index (κ3) is 4.58. The van der Waals surface area contributed by atoms with Crippen LogP contribution in [0.5, 0.6) is 0 Å². The van der Waals surface area contributed by atoms with Crippen LogP contribution in [0.2, 0.25) is 0 Å². The highest BCUT2D eigenvalue weighted by Crippen LogP contribution is 2.30. The lowest BCUT2D eigenvalue weighted by Gasteiger charge is -2.34. The molecule has 0 bridgehead atoms. The number of aromatic amines is 1. The van der Waals surface area contributed by atoms with Gasteiger partial charge in [-0.2, -0.15) is 0 Å². The van der Waals surface area contributed by atoms with Crippen LogP contribution in [0.25, 0.3) is 0 Å². The van der Waals surface area contributed by atoms with Crippen molar-refractivity contribution in [2.45, 2.75) is 37.4 Å². The maximum Gasteiger partial charge on any atom is 0.233 e. The van der Waals surface area contributed by atoms with Crippen molar-refractivity contribution in [1.29, 1.82) is 0 Å². The number of carbonyl (C=O) groups excluding carboxylic acids is 1. The van der Waals surface area contributed by atoms with Crippen LogP contribution in [0.3, 0.4) is 0 Å². The fourth-order valence-electron chi connectivity index (χ4n) is 2.98. The summed E-state index contributed by atoms with van der Waals surface area (Å²) in [6, 6.07) is 5.57. The number of thioether (sulfide) groups is 1. The molecule has 1 aliphatic heterocycles. The van der Waals surface area contributed by atoms with E-state index in [9.17, 15) is 9.90 Å². The van der Waals surface area contributed by atoms with Gasteiger partial charge in [0, 0.05) is 25.7 Å². The molecular weight excluding hydrogens is 338 g/mol. The number of hydrogen-bond donors (Lipinski definition) is 2. The molecule has 0 spiro atoms. The van der Waals surface area contributed by atoms with Crippen molar-refractivity contribution in [3.63, 3.8) is 0 Å². The molecule has 1 fully saturated rings. The van der Waals surface area contributed by atoms with Crippen LogP contribution >= 0.6 is 11.8 Å². The zero-order valence-electron chi connectivity index (χ0n) is 14.3. The van der Waals surface area contributed by atoms with Gasteiger partial charge in [-0.25, -0.2) is 4.98 Å². The largest absolute Gasteiger partial charge is 0.387 e. The number of nitrogens with zero attached hydrogens (tertiary/aromatic N) is 4. The molecule has 2 N–H and O–H groups in total. The van der Waals surface area contributed by atoms with Gasteiger partial charge in [0.25, 0.3) is 0 Å². The number of H-pyrrole nitrogens is 1. The van der Waals surface area contributed by atoms with Gasteiger partial charge in [0.2, 0.25) is 11.1 Å². The van der Waals surface area contributed by atoms with E-state index in [2.05, 4.69) is 20.2 Å². The van der Waals surface area contributed by atoms with Gasteiger partial charge in [0.15, 0.2) is 0 Å². The Balaban J connectivity index is 1.46. The number of aliphatic hydroxyl groups excluding tert-OH is 1. The summed E-state index contributed by atoms with van der Waals surface area (Å²) >= 11 is 1.36. The highest BCUT2D eigenvalue weighted by atomic mass is 32.2. The zero-order valence-corrected chi connectivity index (χ0v) is 15.1. The molecule has 0 radical (unpaired) electrons. The summed E-state index contributed by atoms with van der Waals surface area (Å²) < 4.78 is 0. The molecule has 1 atom stereocenters. The van der Waals surface area contributed by atoms with Gasteiger partial charge in [-0.15, -0.1) is 5.10 Å². The van der Waals surface area contributed by atoms with Crippen molar-refractivity contribution in [3.05, 3.63) is 35.9 Å². The topological polar surface area (TPSA) is 95.0 Å². The van der Waals surface area contributed by atoms with Crippen LogP contribution < -0.4 is 0 Å². The molecule has 3 heterocycles. The van der Waals surface area contributed by atoms with Crippen molar-refractivity contribution in [3.8, 4) is 0 Å². The second kappa shape index (κ2) is 8.44.